The molecule has 0 atom stereocenters. The molecule has 1 aromatic heterocycles. The number of fused-ring (bicyclic) bond motifs is 1. The summed E-state index contributed by atoms with van der Waals surface area (Å²) >= 11 is 0. The maximum atomic E-state index is 12.0. The number of H-pyrrole nitrogens is 1. The van der Waals surface area contributed by atoms with Crippen LogP contribution in [-0.2, 0) is 10.0 Å². The van der Waals surface area contributed by atoms with Gasteiger partial charge in [0.1, 0.15) is 6.07 Å². The zero-order chi connectivity index (χ0) is 16.8. The van der Waals surface area contributed by atoms with Crippen molar-refractivity contribution >= 4 is 26.6 Å². The Labute approximate surface area is 135 Å². The molecular weight excluding hydrogens is 314 g/mol. The molecule has 1 fully saturated rings. The van der Waals surface area contributed by atoms with Gasteiger partial charge in [-0.3, -0.25) is 5.10 Å². The van der Waals surface area contributed by atoms with E-state index in [-0.39, 0.29) is 0 Å². The maximum Gasteiger partial charge on any atom is 0.211 e. The van der Waals surface area contributed by atoms with Crippen molar-refractivity contribution < 1.29 is 8.42 Å². The van der Waals surface area contributed by atoms with Crippen molar-refractivity contribution in [3.05, 3.63) is 23.9 Å². The Morgan fingerprint density at radius 2 is 2.09 bits per heavy atom. The lowest BCUT2D eigenvalue weighted by atomic mass is 10.0. The summed E-state index contributed by atoms with van der Waals surface area (Å²) in [6, 6.07) is 5.83. The van der Waals surface area contributed by atoms with E-state index in [0.717, 1.165) is 11.1 Å². The normalized spacial score (nSPS) is 19.0. The van der Waals surface area contributed by atoms with Gasteiger partial charge in [0, 0.05) is 36.2 Å². The van der Waals surface area contributed by atoms with Gasteiger partial charge >= 0.3 is 0 Å². The standard InChI is InChI=1S/C15H19N5O2S/c1-15(2)10-19(6-7-20(15)23(3,21)22)13-5-4-11(8-16)14-12(13)9-17-18-14/h4-5,9H,6-7,10H2,1-3H3,(H,17,18). The zero-order valence-electron chi connectivity index (χ0n) is 13.4. The van der Waals surface area contributed by atoms with Gasteiger partial charge in [-0.25, -0.2) is 8.42 Å². The van der Waals surface area contributed by atoms with Gasteiger partial charge < -0.3 is 4.90 Å². The molecule has 1 aliphatic rings. The summed E-state index contributed by atoms with van der Waals surface area (Å²) in [5.74, 6) is 0. The number of piperazine rings is 1. The summed E-state index contributed by atoms with van der Waals surface area (Å²) in [5, 5.41) is 17.0. The Bertz CT molecular complexity index is 894. The van der Waals surface area contributed by atoms with E-state index in [4.69, 9.17) is 0 Å². The lowest BCUT2D eigenvalue weighted by molar-refractivity contribution is 0.206. The van der Waals surface area contributed by atoms with Crippen molar-refractivity contribution in [3.63, 3.8) is 0 Å². The third-order valence-corrected chi connectivity index (χ3v) is 5.76. The first-order chi connectivity index (χ1) is 10.7. The summed E-state index contributed by atoms with van der Waals surface area (Å²) in [4.78, 5) is 2.15. The molecule has 0 aliphatic carbocycles. The van der Waals surface area contributed by atoms with Gasteiger partial charge in [-0.1, -0.05) is 0 Å². The van der Waals surface area contributed by atoms with Crippen LogP contribution in [0.25, 0.3) is 10.9 Å². The number of sulfonamides is 1. The average molecular weight is 333 g/mol. The highest BCUT2D eigenvalue weighted by atomic mass is 32.2. The van der Waals surface area contributed by atoms with Crippen LogP contribution in [0.5, 0.6) is 0 Å². The van der Waals surface area contributed by atoms with Gasteiger partial charge in [0.25, 0.3) is 0 Å². The van der Waals surface area contributed by atoms with Gasteiger partial charge in [0.2, 0.25) is 10.0 Å². The molecule has 0 bridgehead atoms. The highest BCUT2D eigenvalue weighted by molar-refractivity contribution is 7.88. The number of anilines is 1. The van der Waals surface area contributed by atoms with Gasteiger partial charge in [-0.05, 0) is 26.0 Å². The van der Waals surface area contributed by atoms with Crippen LogP contribution in [-0.4, -0.2) is 54.3 Å². The molecule has 1 aromatic carbocycles. The second kappa shape index (κ2) is 5.22. The zero-order valence-corrected chi connectivity index (χ0v) is 14.2. The van der Waals surface area contributed by atoms with E-state index in [1.165, 1.54) is 6.26 Å². The molecule has 1 aliphatic heterocycles. The quantitative estimate of drug-likeness (QED) is 0.894. The molecule has 2 aromatic rings. The molecule has 1 N–H and O–H groups in total. The highest BCUT2D eigenvalue weighted by Gasteiger charge is 2.39. The third-order valence-electron chi connectivity index (χ3n) is 4.28. The first kappa shape index (κ1) is 15.8. The molecule has 2 heterocycles. The summed E-state index contributed by atoms with van der Waals surface area (Å²) in [5.41, 5.74) is 1.73. The molecule has 0 spiro atoms. The van der Waals surface area contributed by atoms with E-state index in [2.05, 4.69) is 21.2 Å². The van der Waals surface area contributed by atoms with Crippen molar-refractivity contribution in [2.75, 3.05) is 30.8 Å². The molecule has 0 radical (unpaired) electrons. The molecule has 0 saturated carbocycles. The van der Waals surface area contributed by atoms with Crippen LogP contribution in [0.1, 0.15) is 19.4 Å². The predicted molar refractivity (Wildman–Crippen MR) is 88.7 cm³/mol. The smallest absolute Gasteiger partial charge is 0.211 e. The largest absolute Gasteiger partial charge is 0.368 e. The van der Waals surface area contributed by atoms with Crippen molar-refractivity contribution in [3.8, 4) is 6.07 Å². The van der Waals surface area contributed by atoms with Crippen LogP contribution in [0.15, 0.2) is 18.3 Å². The van der Waals surface area contributed by atoms with Crippen LogP contribution < -0.4 is 4.90 Å². The number of nitrogens with zero attached hydrogens (tertiary/aromatic N) is 4. The molecule has 8 heteroatoms. The molecule has 0 amide bonds. The molecule has 7 nitrogen and oxygen atoms in total. The number of hydrogen-bond acceptors (Lipinski definition) is 5. The van der Waals surface area contributed by atoms with E-state index in [1.807, 2.05) is 19.9 Å². The monoisotopic (exact) mass is 333 g/mol. The lowest BCUT2D eigenvalue weighted by Crippen LogP contribution is -2.60. The first-order valence-electron chi connectivity index (χ1n) is 7.33. The predicted octanol–water partition coefficient (Wildman–Crippen LogP) is 1.29. The number of nitrogens with one attached hydrogen (secondary N) is 1. The van der Waals surface area contributed by atoms with Crippen LogP contribution in [0.4, 0.5) is 5.69 Å². The molecule has 122 valence electrons. The van der Waals surface area contributed by atoms with Gasteiger partial charge in [-0.15, -0.1) is 0 Å². The second-order valence-electron chi connectivity index (χ2n) is 6.47. The number of hydrogen-bond donors (Lipinski definition) is 1. The number of nitriles is 1. The van der Waals surface area contributed by atoms with E-state index in [9.17, 15) is 13.7 Å². The van der Waals surface area contributed by atoms with Crippen LogP contribution in [0.3, 0.4) is 0 Å². The van der Waals surface area contributed by atoms with Crippen molar-refractivity contribution in [1.29, 1.82) is 5.26 Å². The highest BCUT2D eigenvalue weighted by Crippen LogP contribution is 2.32. The fourth-order valence-electron chi connectivity index (χ4n) is 3.35. The molecule has 23 heavy (non-hydrogen) atoms. The minimum atomic E-state index is -3.24. The van der Waals surface area contributed by atoms with Crippen LogP contribution >= 0.6 is 0 Å². The Balaban J connectivity index is 2.00. The van der Waals surface area contributed by atoms with Gasteiger partial charge in [0.05, 0.1) is 23.5 Å². The number of aromatic nitrogens is 2. The minimum absolute atomic E-state index is 0.436. The first-order valence-corrected chi connectivity index (χ1v) is 9.18. The number of rotatable bonds is 2. The Morgan fingerprint density at radius 1 is 1.35 bits per heavy atom. The van der Waals surface area contributed by atoms with Gasteiger partial charge in [-0.2, -0.15) is 14.7 Å². The Morgan fingerprint density at radius 3 is 2.70 bits per heavy atom. The summed E-state index contributed by atoms with van der Waals surface area (Å²) in [7, 11) is -3.24. The maximum absolute atomic E-state index is 12.0. The van der Waals surface area contributed by atoms with E-state index >= 15 is 0 Å². The Hall–Kier alpha value is -2.11. The van der Waals surface area contributed by atoms with Gasteiger partial charge in [0.15, 0.2) is 0 Å². The fourth-order valence-corrected chi connectivity index (χ4v) is 4.72. The number of aromatic amines is 1. The summed E-state index contributed by atoms with van der Waals surface area (Å²) < 4.78 is 25.5. The minimum Gasteiger partial charge on any atom is -0.368 e. The Kier molecular flexibility index (Phi) is 3.58. The average Bonchev–Trinajstić information content (AvgIpc) is 2.92. The van der Waals surface area contributed by atoms with E-state index in [0.29, 0.717) is 30.7 Å². The molecule has 1 saturated heterocycles. The van der Waals surface area contributed by atoms with E-state index in [1.54, 1.807) is 16.6 Å². The fraction of sp³-hybridized carbons (Fsp3) is 0.467. The van der Waals surface area contributed by atoms with Crippen molar-refractivity contribution in [2.45, 2.75) is 19.4 Å². The van der Waals surface area contributed by atoms with Crippen molar-refractivity contribution in [2.24, 2.45) is 0 Å². The third kappa shape index (κ3) is 2.66. The van der Waals surface area contributed by atoms with Crippen LogP contribution in [0.2, 0.25) is 0 Å². The SMILES string of the molecule is CC1(C)CN(c2ccc(C#N)c3[nH]ncc23)CCN1S(C)(=O)=O. The molecule has 3 rings (SSSR count). The lowest BCUT2D eigenvalue weighted by Gasteiger charge is -2.46. The topological polar surface area (TPSA) is 93.1 Å². The summed E-state index contributed by atoms with van der Waals surface area (Å²) in [6.45, 7) is 5.47. The van der Waals surface area contributed by atoms with Crippen molar-refractivity contribution in [1.82, 2.24) is 14.5 Å². The van der Waals surface area contributed by atoms with Crippen LogP contribution in [0, 0.1) is 11.3 Å². The molecule has 0 unspecified atom stereocenters. The number of benzene rings is 1. The molecular formula is C15H19N5O2S. The second-order valence-corrected chi connectivity index (χ2v) is 8.38. The van der Waals surface area contributed by atoms with E-state index < -0.39 is 15.6 Å². The summed E-state index contributed by atoms with van der Waals surface area (Å²) in [6.07, 6.45) is 2.96.